The van der Waals surface area contributed by atoms with Crippen molar-refractivity contribution in [1.29, 1.82) is 0 Å². The van der Waals surface area contributed by atoms with Crippen molar-refractivity contribution in [3.05, 3.63) is 0 Å². The highest BCUT2D eigenvalue weighted by atomic mass is 16.3. The van der Waals surface area contributed by atoms with Crippen LogP contribution in [0.1, 0.15) is 57.8 Å². The van der Waals surface area contributed by atoms with E-state index in [1.165, 1.54) is 51.5 Å². The minimum Gasteiger partial charge on any atom is -0.393 e. The molecule has 0 spiro atoms. The Balaban J connectivity index is 1.68. The molecule has 18 heavy (non-hydrogen) atoms. The van der Waals surface area contributed by atoms with Crippen LogP contribution in [0, 0.1) is 5.41 Å². The van der Waals surface area contributed by atoms with Gasteiger partial charge < -0.3 is 10.8 Å². The van der Waals surface area contributed by atoms with Crippen LogP contribution in [0.2, 0.25) is 0 Å². The zero-order valence-corrected chi connectivity index (χ0v) is 11.5. The lowest BCUT2D eigenvalue weighted by molar-refractivity contribution is 0.00226. The Morgan fingerprint density at radius 1 is 1.06 bits per heavy atom. The quantitative estimate of drug-likeness (QED) is 0.806. The standard InChI is InChI=1S/C15H28N2O/c16-10-15(6-2-1-3-7-15)11-17-12-4-5-13(17)9-14(18)8-12/h12-14,18H,1-11,16H2. The van der Waals surface area contributed by atoms with Gasteiger partial charge in [0, 0.05) is 18.6 Å². The summed E-state index contributed by atoms with van der Waals surface area (Å²) in [4.78, 5) is 2.71. The van der Waals surface area contributed by atoms with Gasteiger partial charge >= 0.3 is 0 Å². The molecular formula is C15H28N2O. The Morgan fingerprint density at radius 3 is 2.22 bits per heavy atom. The van der Waals surface area contributed by atoms with Gasteiger partial charge in [-0.25, -0.2) is 0 Å². The van der Waals surface area contributed by atoms with Crippen LogP contribution in [0.25, 0.3) is 0 Å². The third-order valence-electron chi connectivity index (χ3n) is 5.72. The first-order valence-corrected chi connectivity index (χ1v) is 7.86. The average Bonchev–Trinajstić information content (AvgIpc) is 2.62. The monoisotopic (exact) mass is 252 g/mol. The lowest BCUT2D eigenvalue weighted by Gasteiger charge is -2.45. The Kier molecular flexibility index (Phi) is 3.65. The SMILES string of the molecule is NCC1(CN2C3CCC2CC(O)C3)CCCCC1. The van der Waals surface area contributed by atoms with Crippen LogP contribution in [0.15, 0.2) is 0 Å². The molecule has 3 N–H and O–H groups in total. The van der Waals surface area contributed by atoms with Gasteiger partial charge in [0.05, 0.1) is 6.10 Å². The molecule has 2 atom stereocenters. The van der Waals surface area contributed by atoms with Crippen molar-refractivity contribution in [2.75, 3.05) is 13.1 Å². The highest BCUT2D eigenvalue weighted by Crippen LogP contribution is 2.42. The fraction of sp³-hybridized carbons (Fsp3) is 1.00. The fourth-order valence-electron chi connectivity index (χ4n) is 4.62. The van der Waals surface area contributed by atoms with Crippen molar-refractivity contribution < 1.29 is 5.11 Å². The lowest BCUT2D eigenvalue weighted by Crippen LogP contribution is -2.52. The molecule has 0 amide bonds. The summed E-state index contributed by atoms with van der Waals surface area (Å²) in [7, 11) is 0. The minimum atomic E-state index is -0.0427. The maximum absolute atomic E-state index is 9.88. The topological polar surface area (TPSA) is 49.5 Å². The van der Waals surface area contributed by atoms with E-state index in [2.05, 4.69) is 4.90 Å². The summed E-state index contributed by atoms with van der Waals surface area (Å²) in [5.74, 6) is 0. The third kappa shape index (κ3) is 2.33. The number of nitrogens with zero attached hydrogens (tertiary/aromatic N) is 1. The summed E-state index contributed by atoms with van der Waals surface area (Å²) >= 11 is 0. The second-order valence-corrected chi connectivity index (χ2v) is 6.95. The van der Waals surface area contributed by atoms with Gasteiger partial charge in [0.15, 0.2) is 0 Å². The molecule has 2 aliphatic heterocycles. The Hall–Kier alpha value is -0.120. The normalized spacial score (nSPS) is 40.0. The first-order chi connectivity index (χ1) is 8.72. The van der Waals surface area contributed by atoms with Crippen LogP contribution in [0.4, 0.5) is 0 Å². The molecule has 2 unspecified atom stereocenters. The molecule has 2 bridgehead atoms. The number of aliphatic hydroxyl groups is 1. The molecule has 2 heterocycles. The smallest absolute Gasteiger partial charge is 0.0570 e. The van der Waals surface area contributed by atoms with Gasteiger partial charge in [0.25, 0.3) is 0 Å². The molecule has 0 radical (unpaired) electrons. The summed E-state index contributed by atoms with van der Waals surface area (Å²) in [6.07, 6.45) is 11.3. The Bertz CT molecular complexity index is 274. The summed E-state index contributed by atoms with van der Waals surface area (Å²) in [6, 6.07) is 1.29. The zero-order valence-electron chi connectivity index (χ0n) is 11.5. The molecule has 3 nitrogen and oxygen atoms in total. The molecule has 104 valence electrons. The first-order valence-electron chi connectivity index (χ1n) is 7.86. The van der Waals surface area contributed by atoms with Crippen molar-refractivity contribution in [2.45, 2.75) is 76.0 Å². The van der Waals surface area contributed by atoms with E-state index < -0.39 is 0 Å². The average molecular weight is 252 g/mol. The van der Waals surface area contributed by atoms with Crippen molar-refractivity contribution in [3.63, 3.8) is 0 Å². The summed E-state index contributed by atoms with van der Waals surface area (Å²) in [5, 5.41) is 9.88. The van der Waals surface area contributed by atoms with Crippen molar-refractivity contribution >= 4 is 0 Å². The maximum atomic E-state index is 9.88. The van der Waals surface area contributed by atoms with E-state index in [1.807, 2.05) is 0 Å². The summed E-state index contributed by atoms with van der Waals surface area (Å²) in [6.45, 7) is 2.05. The summed E-state index contributed by atoms with van der Waals surface area (Å²) in [5.41, 5.74) is 6.51. The predicted octanol–water partition coefficient (Wildman–Crippen LogP) is 1.88. The highest BCUT2D eigenvalue weighted by molar-refractivity contribution is 4.99. The van der Waals surface area contributed by atoms with Gasteiger partial charge in [-0.15, -0.1) is 0 Å². The highest BCUT2D eigenvalue weighted by Gasteiger charge is 2.44. The van der Waals surface area contributed by atoms with Crippen LogP contribution < -0.4 is 5.73 Å². The van der Waals surface area contributed by atoms with Crippen LogP contribution in [0.5, 0.6) is 0 Å². The number of hydrogen-bond donors (Lipinski definition) is 2. The van der Waals surface area contributed by atoms with Gasteiger partial charge in [-0.1, -0.05) is 19.3 Å². The van der Waals surface area contributed by atoms with Gasteiger partial charge in [-0.2, -0.15) is 0 Å². The van der Waals surface area contributed by atoms with Crippen molar-refractivity contribution in [3.8, 4) is 0 Å². The van der Waals surface area contributed by atoms with Gasteiger partial charge in [0.1, 0.15) is 0 Å². The van der Waals surface area contributed by atoms with E-state index in [4.69, 9.17) is 5.73 Å². The van der Waals surface area contributed by atoms with E-state index in [0.717, 1.165) is 19.4 Å². The van der Waals surface area contributed by atoms with Crippen LogP contribution in [-0.2, 0) is 0 Å². The number of nitrogens with two attached hydrogens (primary N) is 1. The predicted molar refractivity (Wildman–Crippen MR) is 73.3 cm³/mol. The lowest BCUT2D eigenvalue weighted by atomic mass is 9.73. The maximum Gasteiger partial charge on any atom is 0.0570 e. The van der Waals surface area contributed by atoms with E-state index in [9.17, 15) is 5.11 Å². The van der Waals surface area contributed by atoms with Crippen LogP contribution in [-0.4, -0.2) is 41.3 Å². The molecule has 3 rings (SSSR count). The molecule has 3 fully saturated rings. The number of piperidine rings is 1. The van der Waals surface area contributed by atoms with E-state index >= 15 is 0 Å². The Labute approximate surface area is 111 Å². The molecule has 1 saturated carbocycles. The second-order valence-electron chi connectivity index (χ2n) is 6.95. The molecule has 2 saturated heterocycles. The molecular weight excluding hydrogens is 224 g/mol. The fourth-order valence-corrected chi connectivity index (χ4v) is 4.62. The number of aliphatic hydroxyl groups excluding tert-OH is 1. The molecule has 0 aromatic heterocycles. The van der Waals surface area contributed by atoms with Gasteiger partial charge in [0.2, 0.25) is 0 Å². The van der Waals surface area contributed by atoms with E-state index in [-0.39, 0.29) is 6.10 Å². The largest absolute Gasteiger partial charge is 0.393 e. The minimum absolute atomic E-state index is 0.0427. The molecule has 3 heteroatoms. The van der Waals surface area contributed by atoms with Gasteiger partial charge in [-0.3, -0.25) is 4.90 Å². The van der Waals surface area contributed by atoms with Crippen molar-refractivity contribution in [1.82, 2.24) is 4.90 Å². The van der Waals surface area contributed by atoms with Gasteiger partial charge in [-0.05, 0) is 50.5 Å². The number of hydrogen-bond acceptors (Lipinski definition) is 3. The summed E-state index contributed by atoms with van der Waals surface area (Å²) < 4.78 is 0. The zero-order chi connectivity index (χ0) is 12.6. The van der Waals surface area contributed by atoms with Crippen LogP contribution >= 0.6 is 0 Å². The molecule has 0 aromatic rings. The molecule has 3 aliphatic rings. The van der Waals surface area contributed by atoms with E-state index in [0.29, 0.717) is 17.5 Å². The van der Waals surface area contributed by atoms with Crippen molar-refractivity contribution in [2.24, 2.45) is 11.1 Å². The van der Waals surface area contributed by atoms with Crippen LogP contribution in [0.3, 0.4) is 0 Å². The number of rotatable bonds is 3. The third-order valence-corrected chi connectivity index (χ3v) is 5.72. The molecule has 1 aliphatic carbocycles. The second kappa shape index (κ2) is 5.10. The molecule has 0 aromatic carbocycles. The first kappa shape index (κ1) is 12.9. The number of fused-ring (bicyclic) bond motifs is 2. The van der Waals surface area contributed by atoms with E-state index in [1.54, 1.807) is 0 Å². The Morgan fingerprint density at radius 2 is 1.67 bits per heavy atom.